The molecular formula is C21H26N2O4. The number of fused-ring (bicyclic) bond motifs is 2. The molecule has 0 saturated carbocycles. The molecule has 4 rings (SSSR count). The minimum absolute atomic E-state index is 0.118. The summed E-state index contributed by atoms with van der Waals surface area (Å²) < 4.78 is 16.1. The lowest BCUT2D eigenvalue weighted by atomic mass is 9.96. The van der Waals surface area contributed by atoms with Gasteiger partial charge in [-0.05, 0) is 56.0 Å². The number of furan rings is 1. The molecule has 2 aliphatic rings. The topological polar surface area (TPSA) is 63.9 Å². The number of ether oxygens (including phenoxy) is 2. The van der Waals surface area contributed by atoms with E-state index in [-0.39, 0.29) is 11.9 Å². The molecule has 3 heterocycles. The molecule has 1 aromatic carbocycles. The highest BCUT2D eigenvalue weighted by Crippen LogP contribution is 2.38. The van der Waals surface area contributed by atoms with Gasteiger partial charge in [0, 0.05) is 30.2 Å². The number of nitrogens with zero attached hydrogens (tertiary/aromatic N) is 1. The molecule has 2 fully saturated rings. The van der Waals surface area contributed by atoms with Crippen LogP contribution in [0.15, 0.2) is 41.0 Å². The van der Waals surface area contributed by atoms with Crippen LogP contribution in [0.3, 0.4) is 0 Å². The Morgan fingerprint density at radius 1 is 1.19 bits per heavy atom. The number of hydrogen-bond donors (Lipinski definition) is 1. The van der Waals surface area contributed by atoms with Crippen LogP contribution in [0.25, 0.3) is 0 Å². The van der Waals surface area contributed by atoms with Gasteiger partial charge in [-0.25, -0.2) is 0 Å². The number of methoxy groups -OCH3 is 2. The van der Waals surface area contributed by atoms with Gasteiger partial charge < -0.3 is 19.2 Å². The number of amides is 1. The van der Waals surface area contributed by atoms with E-state index < -0.39 is 0 Å². The molecular weight excluding hydrogens is 344 g/mol. The van der Waals surface area contributed by atoms with Crippen molar-refractivity contribution in [3.63, 3.8) is 0 Å². The summed E-state index contributed by atoms with van der Waals surface area (Å²) in [6, 6.07) is 10.5. The van der Waals surface area contributed by atoms with Crippen molar-refractivity contribution in [2.75, 3.05) is 14.2 Å². The monoisotopic (exact) mass is 370 g/mol. The second-order valence-corrected chi connectivity index (χ2v) is 7.35. The Morgan fingerprint density at radius 3 is 2.59 bits per heavy atom. The molecule has 2 atom stereocenters. The summed E-state index contributed by atoms with van der Waals surface area (Å²) in [5, 5.41) is 3.14. The highest BCUT2D eigenvalue weighted by Gasteiger charge is 2.41. The summed E-state index contributed by atoms with van der Waals surface area (Å²) in [6.07, 6.45) is 5.81. The largest absolute Gasteiger partial charge is 0.497 e. The maximum Gasteiger partial charge on any atom is 0.287 e. The summed E-state index contributed by atoms with van der Waals surface area (Å²) in [5.74, 6) is 2.00. The fraction of sp³-hybridized carbons (Fsp3) is 0.476. The van der Waals surface area contributed by atoms with Crippen LogP contribution in [0.2, 0.25) is 0 Å². The Bertz CT molecular complexity index is 775. The SMILES string of the molecule is COc1ccc(OC)c(CN2C3CCC2CC(NC(=O)c2ccco2)C3)c1. The molecule has 2 bridgehead atoms. The second-order valence-electron chi connectivity index (χ2n) is 7.35. The number of nitrogens with one attached hydrogen (secondary N) is 1. The van der Waals surface area contributed by atoms with E-state index in [4.69, 9.17) is 13.9 Å². The zero-order valence-electron chi connectivity index (χ0n) is 15.8. The summed E-state index contributed by atoms with van der Waals surface area (Å²) in [4.78, 5) is 14.8. The van der Waals surface area contributed by atoms with E-state index in [0.717, 1.165) is 36.4 Å². The van der Waals surface area contributed by atoms with Gasteiger partial charge in [-0.15, -0.1) is 0 Å². The summed E-state index contributed by atoms with van der Waals surface area (Å²) >= 11 is 0. The van der Waals surface area contributed by atoms with Crippen LogP contribution in [0, 0.1) is 0 Å². The molecule has 0 spiro atoms. The molecule has 27 heavy (non-hydrogen) atoms. The number of hydrogen-bond acceptors (Lipinski definition) is 5. The smallest absolute Gasteiger partial charge is 0.287 e. The van der Waals surface area contributed by atoms with Crippen molar-refractivity contribution in [1.29, 1.82) is 0 Å². The molecule has 1 amide bonds. The molecule has 2 unspecified atom stereocenters. The predicted octanol–water partition coefficient (Wildman–Crippen LogP) is 3.22. The standard InChI is InChI=1S/C21H26N2O4/c1-25-18-7-8-19(26-2)14(10-18)13-23-16-5-6-17(23)12-15(11-16)22-21(24)20-4-3-9-27-20/h3-4,7-10,15-17H,5-6,11-13H2,1-2H3,(H,22,24). The Balaban J connectivity index is 1.43. The third-order valence-electron chi connectivity index (χ3n) is 5.81. The van der Waals surface area contributed by atoms with Crippen LogP contribution in [-0.2, 0) is 6.54 Å². The highest BCUT2D eigenvalue weighted by molar-refractivity contribution is 5.91. The molecule has 0 radical (unpaired) electrons. The van der Waals surface area contributed by atoms with Crippen molar-refractivity contribution in [3.8, 4) is 11.5 Å². The van der Waals surface area contributed by atoms with Crippen molar-refractivity contribution >= 4 is 5.91 Å². The van der Waals surface area contributed by atoms with Gasteiger partial charge in [-0.2, -0.15) is 0 Å². The number of carbonyl (C=O) groups excluding carboxylic acids is 1. The minimum Gasteiger partial charge on any atom is -0.497 e. The van der Waals surface area contributed by atoms with Crippen molar-refractivity contribution in [3.05, 3.63) is 47.9 Å². The minimum atomic E-state index is -0.118. The second kappa shape index (κ2) is 7.64. The highest BCUT2D eigenvalue weighted by atomic mass is 16.5. The average Bonchev–Trinajstić information content (AvgIpc) is 3.29. The first-order chi connectivity index (χ1) is 13.2. The van der Waals surface area contributed by atoms with Gasteiger partial charge in [0.1, 0.15) is 11.5 Å². The van der Waals surface area contributed by atoms with Crippen molar-refractivity contribution in [2.45, 2.75) is 50.4 Å². The average molecular weight is 370 g/mol. The van der Waals surface area contributed by atoms with Crippen LogP contribution in [0.1, 0.15) is 41.8 Å². The van der Waals surface area contributed by atoms with E-state index in [0.29, 0.717) is 17.8 Å². The molecule has 144 valence electrons. The zero-order valence-corrected chi connectivity index (χ0v) is 15.8. The van der Waals surface area contributed by atoms with Crippen LogP contribution in [0.4, 0.5) is 0 Å². The van der Waals surface area contributed by atoms with E-state index >= 15 is 0 Å². The molecule has 1 aromatic heterocycles. The fourth-order valence-electron chi connectivity index (χ4n) is 4.52. The molecule has 2 aromatic rings. The first kappa shape index (κ1) is 17.9. The summed E-state index contributed by atoms with van der Waals surface area (Å²) in [5.41, 5.74) is 1.15. The van der Waals surface area contributed by atoms with Gasteiger partial charge >= 0.3 is 0 Å². The van der Waals surface area contributed by atoms with Crippen molar-refractivity contribution < 1.29 is 18.7 Å². The Labute approximate surface area is 159 Å². The lowest BCUT2D eigenvalue weighted by Gasteiger charge is -2.39. The van der Waals surface area contributed by atoms with E-state index in [9.17, 15) is 4.79 Å². The first-order valence-corrected chi connectivity index (χ1v) is 9.49. The van der Waals surface area contributed by atoms with Crippen LogP contribution < -0.4 is 14.8 Å². The zero-order chi connectivity index (χ0) is 18.8. The van der Waals surface area contributed by atoms with Gasteiger partial charge in [0.2, 0.25) is 0 Å². The maximum atomic E-state index is 12.3. The Morgan fingerprint density at radius 2 is 1.96 bits per heavy atom. The quantitative estimate of drug-likeness (QED) is 0.846. The molecule has 0 aliphatic carbocycles. The third kappa shape index (κ3) is 3.67. The number of rotatable bonds is 6. The summed E-state index contributed by atoms with van der Waals surface area (Å²) in [6.45, 7) is 0.842. The Hall–Kier alpha value is -2.47. The normalized spacial score (nSPS) is 24.6. The number of carbonyl (C=O) groups is 1. The predicted molar refractivity (Wildman–Crippen MR) is 101 cm³/mol. The Kier molecular flexibility index (Phi) is 5.07. The molecule has 1 N–H and O–H groups in total. The molecule has 2 aliphatic heterocycles. The van der Waals surface area contributed by atoms with Gasteiger partial charge in [0.15, 0.2) is 5.76 Å². The van der Waals surface area contributed by atoms with Crippen LogP contribution in [0.5, 0.6) is 11.5 Å². The molecule has 6 nitrogen and oxygen atoms in total. The van der Waals surface area contributed by atoms with Gasteiger partial charge in [-0.3, -0.25) is 9.69 Å². The van der Waals surface area contributed by atoms with Gasteiger partial charge in [0.05, 0.1) is 20.5 Å². The van der Waals surface area contributed by atoms with E-state index in [2.05, 4.69) is 16.3 Å². The van der Waals surface area contributed by atoms with E-state index in [1.807, 2.05) is 12.1 Å². The van der Waals surface area contributed by atoms with Crippen molar-refractivity contribution in [2.24, 2.45) is 0 Å². The van der Waals surface area contributed by atoms with E-state index in [1.165, 1.54) is 19.1 Å². The lowest BCUT2D eigenvalue weighted by molar-refractivity contribution is 0.0802. The third-order valence-corrected chi connectivity index (χ3v) is 5.81. The molecule has 6 heteroatoms. The van der Waals surface area contributed by atoms with Crippen LogP contribution >= 0.6 is 0 Å². The van der Waals surface area contributed by atoms with Crippen molar-refractivity contribution in [1.82, 2.24) is 10.2 Å². The molecule has 2 saturated heterocycles. The lowest BCUT2D eigenvalue weighted by Crippen LogP contribution is -2.49. The maximum absolute atomic E-state index is 12.3. The fourth-order valence-corrected chi connectivity index (χ4v) is 4.52. The van der Waals surface area contributed by atoms with Crippen LogP contribution in [-0.4, -0.2) is 43.2 Å². The summed E-state index contributed by atoms with van der Waals surface area (Å²) in [7, 11) is 3.39. The van der Waals surface area contributed by atoms with Gasteiger partial charge in [-0.1, -0.05) is 0 Å². The van der Waals surface area contributed by atoms with E-state index in [1.54, 1.807) is 26.4 Å². The van der Waals surface area contributed by atoms with Gasteiger partial charge in [0.25, 0.3) is 5.91 Å². The number of benzene rings is 1. The first-order valence-electron chi connectivity index (χ1n) is 9.49. The number of piperidine rings is 1.